The maximum absolute atomic E-state index is 11.7. The highest BCUT2D eigenvalue weighted by Crippen LogP contribution is 2.34. The molecule has 0 unspecified atom stereocenters. The van der Waals surface area contributed by atoms with Crippen LogP contribution in [-0.4, -0.2) is 31.9 Å². The van der Waals surface area contributed by atoms with Crippen LogP contribution in [-0.2, 0) is 4.79 Å². The van der Waals surface area contributed by atoms with Crippen LogP contribution in [0.4, 0.5) is 0 Å². The number of carboxylic acids is 1. The predicted octanol–water partition coefficient (Wildman–Crippen LogP) is 3.73. The summed E-state index contributed by atoms with van der Waals surface area (Å²) in [6, 6.07) is 12.3. The summed E-state index contributed by atoms with van der Waals surface area (Å²) >= 11 is 0. The molecule has 0 aromatic heterocycles. The van der Waals surface area contributed by atoms with Crippen LogP contribution in [0.2, 0.25) is 0 Å². The molecule has 0 bridgehead atoms. The van der Waals surface area contributed by atoms with Gasteiger partial charge in [0.05, 0.1) is 26.4 Å². The second kappa shape index (κ2) is 8.06. The first-order chi connectivity index (χ1) is 11.6. The third-order valence-electron chi connectivity index (χ3n) is 3.43. The van der Waals surface area contributed by atoms with Crippen molar-refractivity contribution in [2.45, 2.75) is 6.92 Å². The van der Waals surface area contributed by atoms with Crippen LogP contribution in [0, 0.1) is 0 Å². The second-order valence-electron chi connectivity index (χ2n) is 4.91. The van der Waals surface area contributed by atoms with Gasteiger partial charge in [0.15, 0.2) is 11.5 Å². The molecule has 2 aromatic carbocycles. The third kappa shape index (κ3) is 3.87. The molecule has 0 saturated heterocycles. The van der Waals surface area contributed by atoms with Crippen LogP contribution >= 0.6 is 0 Å². The van der Waals surface area contributed by atoms with E-state index in [4.69, 9.17) is 14.2 Å². The number of ether oxygens (including phenoxy) is 3. The number of rotatable bonds is 7. The van der Waals surface area contributed by atoms with E-state index in [0.717, 1.165) is 0 Å². The fraction of sp³-hybridized carbons (Fsp3) is 0.211. The Morgan fingerprint density at radius 2 is 1.88 bits per heavy atom. The van der Waals surface area contributed by atoms with Gasteiger partial charge in [0.25, 0.3) is 0 Å². The molecule has 2 rings (SSSR count). The molecule has 24 heavy (non-hydrogen) atoms. The Labute approximate surface area is 141 Å². The van der Waals surface area contributed by atoms with Crippen LogP contribution in [0.25, 0.3) is 11.6 Å². The van der Waals surface area contributed by atoms with Crippen molar-refractivity contribution < 1.29 is 24.1 Å². The van der Waals surface area contributed by atoms with Crippen molar-refractivity contribution >= 4 is 17.6 Å². The van der Waals surface area contributed by atoms with Gasteiger partial charge in [-0.3, -0.25) is 0 Å². The molecule has 0 fully saturated rings. The Morgan fingerprint density at radius 1 is 1.12 bits per heavy atom. The van der Waals surface area contributed by atoms with E-state index in [-0.39, 0.29) is 5.57 Å². The molecule has 0 radical (unpaired) electrons. The van der Waals surface area contributed by atoms with Crippen LogP contribution in [0.15, 0.2) is 42.5 Å². The molecule has 0 atom stereocenters. The highest BCUT2D eigenvalue weighted by atomic mass is 16.5. The Bertz CT molecular complexity index is 749. The number of carbonyl (C=O) groups is 1. The number of benzene rings is 2. The largest absolute Gasteiger partial charge is 0.497 e. The predicted molar refractivity (Wildman–Crippen MR) is 92.7 cm³/mol. The van der Waals surface area contributed by atoms with E-state index in [9.17, 15) is 9.90 Å². The maximum atomic E-state index is 11.7. The van der Waals surface area contributed by atoms with Crippen molar-refractivity contribution in [1.82, 2.24) is 0 Å². The fourth-order valence-electron chi connectivity index (χ4n) is 2.32. The van der Waals surface area contributed by atoms with Gasteiger partial charge in [-0.25, -0.2) is 4.79 Å². The summed E-state index contributed by atoms with van der Waals surface area (Å²) in [5.41, 5.74) is 1.33. The summed E-state index contributed by atoms with van der Waals surface area (Å²) in [4.78, 5) is 11.7. The summed E-state index contributed by atoms with van der Waals surface area (Å²) in [6.45, 7) is 2.31. The normalized spacial score (nSPS) is 11.0. The second-order valence-corrected chi connectivity index (χ2v) is 4.91. The lowest BCUT2D eigenvalue weighted by Gasteiger charge is -2.13. The molecule has 0 saturated carbocycles. The van der Waals surface area contributed by atoms with Crippen LogP contribution in [0.5, 0.6) is 17.2 Å². The summed E-state index contributed by atoms with van der Waals surface area (Å²) in [5.74, 6) is 0.633. The Kier molecular flexibility index (Phi) is 5.84. The Morgan fingerprint density at radius 3 is 2.50 bits per heavy atom. The average Bonchev–Trinajstić information content (AvgIpc) is 2.60. The number of aliphatic carboxylic acids is 1. The maximum Gasteiger partial charge on any atom is 0.336 e. The molecule has 0 spiro atoms. The van der Waals surface area contributed by atoms with Gasteiger partial charge in [0.1, 0.15) is 5.75 Å². The number of para-hydroxylation sites is 1. The van der Waals surface area contributed by atoms with E-state index >= 15 is 0 Å². The highest BCUT2D eigenvalue weighted by Gasteiger charge is 2.15. The molecule has 126 valence electrons. The molecule has 1 N–H and O–H groups in total. The quantitative estimate of drug-likeness (QED) is 0.620. The zero-order chi connectivity index (χ0) is 17.5. The number of hydrogen-bond acceptors (Lipinski definition) is 4. The van der Waals surface area contributed by atoms with Gasteiger partial charge in [-0.15, -0.1) is 0 Å². The first-order valence-electron chi connectivity index (χ1n) is 7.50. The zero-order valence-electron chi connectivity index (χ0n) is 13.9. The van der Waals surface area contributed by atoms with Crippen molar-refractivity contribution in [2.75, 3.05) is 20.8 Å². The highest BCUT2D eigenvalue weighted by molar-refractivity contribution is 6.21. The van der Waals surface area contributed by atoms with Crippen molar-refractivity contribution in [3.8, 4) is 17.2 Å². The van der Waals surface area contributed by atoms with Crippen molar-refractivity contribution in [3.05, 3.63) is 53.6 Å². The molecule has 2 aromatic rings. The molecule has 0 aliphatic heterocycles. The SMILES string of the molecule is CCOc1c(/C=C(\C(=O)O)c2cccc(OC)c2)cccc1OC. The summed E-state index contributed by atoms with van der Waals surface area (Å²) in [7, 11) is 3.09. The van der Waals surface area contributed by atoms with E-state index in [1.165, 1.54) is 0 Å². The first kappa shape index (κ1) is 17.4. The van der Waals surface area contributed by atoms with Crippen molar-refractivity contribution in [1.29, 1.82) is 0 Å². The van der Waals surface area contributed by atoms with E-state index in [1.54, 1.807) is 62.8 Å². The Balaban J connectivity index is 2.58. The molecule has 0 aliphatic carbocycles. The third-order valence-corrected chi connectivity index (χ3v) is 3.43. The lowest BCUT2D eigenvalue weighted by Crippen LogP contribution is -2.02. The molecular weight excluding hydrogens is 308 g/mol. The summed E-state index contributed by atoms with van der Waals surface area (Å²) in [6.07, 6.45) is 1.57. The lowest BCUT2D eigenvalue weighted by molar-refractivity contribution is -0.130. The number of methoxy groups -OCH3 is 2. The Hall–Kier alpha value is -2.95. The molecule has 5 nitrogen and oxygen atoms in total. The van der Waals surface area contributed by atoms with Crippen LogP contribution in [0.1, 0.15) is 18.1 Å². The minimum atomic E-state index is -1.03. The van der Waals surface area contributed by atoms with Gasteiger partial charge in [-0.1, -0.05) is 24.3 Å². The number of hydrogen-bond donors (Lipinski definition) is 1. The summed E-state index contributed by atoms with van der Waals surface area (Å²) in [5, 5.41) is 9.62. The summed E-state index contributed by atoms with van der Waals surface area (Å²) < 4.78 is 16.1. The van der Waals surface area contributed by atoms with Crippen molar-refractivity contribution in [3.63, 3.8) is 0 Å². The molecular formula is C19H20O5. The van der Waals surface area contributed by atoms with Crippen LogP contribution < -0.4 is 14.2 Å². The van der Waals surface area contributed by atoms with E-state index in [0.29, 0.717) is 35.0 Å². The molecule has 0 amide bonds. The van der Waals surface area contributed by atoms with E-state index < -0.39 is 5.97 Å². The monoisotopic (exact) mass is 328 g/mol. The first-order valence-corrected chi connectivity index (χ1v) is 7.50. The molecule has 5 heteroatoms. The van der Waals surface area contributed by atoms with Crippen molar-refractivity contribution in [2.24, 2.45) is 0 Å². The zero-order valence-corrected chi connectivity index (χ0v) is 13.9. The molecule has 0 aliphatic rings. The minimum Gasteiger partial charge on any atom is -0.497 e. The van der Waals surface area contributed by atoms with Gasteiger partial charge in [0.2, 0.25) is 0 Å². The standard InChI is InChI=1S/C19H20O5/c1-4-24-18-14(8-6-10-17(18)23-3)12-16(19(20)21)13-7-5-9-15(11-13)22-2/h5-12H,4H2,1-3H3,(H,20,21)/b16-12-. The molecule has 0 heterocycles. The van der Waals surface area contributed by atoms with E-state index in [1.807, 2.05) is 6.92 Å². The minimum absolute atomic E-state index is 0.142. The number of carboxylic acid groups (broad SMARTS) is 1. The van der Waals surface area contributed by atoms with Gasteiger partial charge in [-0.2, -0.15) is 0 Å². The van der Waals surface area contributed by atoms with Gasteiger partial charge < -0.3 is 19.3 Å². The van der Waals surface area contributed by atoms with Gasteiger partial charge >= 0.3 is 5.97 Å². The van der Waals surface area contributed by atoms with Crippen LogP contribution in [0.3, 0.4) is 0 Å². The fourth-order valence-corrected chi connectivity index (χ4v) is 2.32. The average molecular weight is 328 g/mol. The van der Waals surface area contributed by atoms with Gasteiger partial charge in [-0.05, 0) is 36.8 Å². The topological polar surface area (TPSA) is 65.0 Å². The smallest absolute Gasteiger partial charge is 0.336 e. The lowest BCUT2D eigenvalue weighted by atomic mass is 10.0. The van der Waals surface area contributed by atoms with E-state index in [2.05, 4.69) is 0 Å². The van der Waals surface area contributed by atoms with Gasteiger partial charge in [0, 0.05) is 5.56 Å².